The van der Waals surface area contributed by atoms with Gasteiger partial charge in [0.1, 0.15) is 0 Å². The average molecular weight is 237 g/mol. The first-order chi connectivity index (χ1) is 8.24. The zero-order valence-corrected chi connectivity index (χ0v) is 11.7. The third kappa shape index (κ3) is 4.15. The van der Waals surface area contributed by atoms with E-state index in [1.807, 2.05) is 6.20 Å². The van der Waals surface area contributed by atoms with Crippen molar-refractivity contribution in [3.63, 3.8) is 0 Å². The van der Waals surface area contributed by atoms with Gasteiger partial charge in [-0.1, -0.05) is 40.5 Å². The maximum absolute atomic E-state index is 4.48. The molecule has 0 aromatic carbocycles. The molecule has 98 valence electrons. The van der Waals surface area contributed by atoms with Crippen molar-refractivity contribution < 1.29 is 0 Å². The van der Waals surface area contributed by atoms with Gasteiger partial charge in [-0.2, -0.15) is 5.10 Å². The topological polar surface area (TPSA) is 29.9 Å². The highest BCUT2D eigenvalue weighted by Gasteiger charge is 2.11. The first-order valence-electron chi connectivity index (χ1n) is 7.00. The Labute approximate surface area is 106 Å². The molecule has 1 rings (SSSR count). The van der Waals surface area contributed by atoms with E-state index < -0.39 is 0 Å². The molecule has 1 heterocycles. The summed E-state index contributed by atoms with van der Waals surface area (Å²) in [5.74, 6) is 0.752. The SMILES string of the molecule is CCNC(CC)c1cnn(CC(CC)CC)c1. The summed E-state index contributed by atoms with van der Waals surface area (Å²) in [5, 5.41) is 7.97. The average Bonchev–Trinajstić information content (AvgIpc) is 2.81. The Hall–Kier alpha value is -0.830. The fourth-order valence-electron chi connectivity index (χ4n) is 2.22. The highest BCUT2D eigenvalue weighted by molar-refractivity contribution is 5.10. The molecule has 3 nitrogen and oxygen atoms in total. The summed E-state index contributed by atoms with van der Waals surface area (Å²) < 4.78 is 2.10. The lowest BCUT2D eigenvalue weighted by molar-refractivity contribution is 0.395. The summed E-state index contributed by atoms with van der Waals surface area (Å²) in [7, 11) is 0. The summed E-state index contributed by atoms with van der Waals surface area (Å²) in [6.45, 7) is 10.9. The Bertz CT molecular complexity index is 302. The van der Waals surface area contributed by atoms with E-state index in [9.17, 15) is 0 Å². The zero-order chi connectivity index (χ0) is 12.7. The van der Waals surface area contributed by atoms with E-state index >= 15 is 0 Å². The van der Waals surface area contributed by atoms with Crippen LogP contribution in [0.15, 0.2) is 12.4 Å². The number of rotatable bonds is 8. The standard InChI is InChI=1S/C14H27N3/c1-5-12(6-2)10-17-11-13(9-16-17)14(7-3)15-8-4/h9,11-12,14-15H,5-8,10H2,1-4H3. The molecule has 1 aromatic rings. The van der Waals surface area contributed by atoms with Crippen molar-refractivity contribution in [1.82, 2.24) is 15.1 Å². The largest absolute Gasteiger partial charge is 0.310 e. The normalized spacial score (nSPS) is 13.2. The van der Waals surface area contributed by atoms with Crippen molar-refractivity contribution in [3.05, 3.63) is 18.0 Å². The molecule has 0 spiro atoms. The van der Waals surface area contributed by atoms with Crippen LogP contribution in [-0.2, 0) is 6.54 Å². The quantitative estimate of drug-likeness (QED) is 0.751. The molecule has 0 amide bonds. The molecule has 0 fully saturated rings. The monoisotopic (exact) mass is 237 g/mol. The molecule has 0 radical (unpaired) electrons. The van der Waals surface area contributed by atoms with Crippen LogP contribution in [0.1, 0.15) is 58.6 Å². The number of aromatic nitrogens is 2. The second-order valence-electron chi connectivity index (χ2n) is 4.70. The molecule has 0 saturated carbocycles. The molecule has 0 bridgehead atoms. The van der Waals surface area contributed by atoms with E-state index in [2.05, 4.69) is 49.0 Å². The van der Waals surface area contributed by atoms with E-state index in [4.69, 9.17) is 0 Å². The fourth-order valence-corrected chi connectivity index (χ4v) is 2.22. The number of hydrogen-bond donors (Lipinski definition) is 1. The lowest BCUT2D eigenvalue weighted by Gasteiger charge is -2.14. The Balaban J connectivity index is 2.63. The van der Waals surface area contributed by atoms with Crippen LogP contribution < -0.4 is 5.32 Å². The van der Waals surface area contributed by atoms with Crippen molar-refractivity contribution in [1.29, 1.82) is 0 Å². The Kier molecular flexibility index (Phi) is 6.27. The second kappa shape index (κ2) is 7.49. The van der Waals surface area contributed by atoms with Crippen LogP contribution in [0, 0.1) is 5.92 Å². The van der Waals surface area contributed by atoms with Gasteiger partial charge >= 0.3 is 0 Å². The van der Waals surface area contributed by atoms with E-state index in [0.29, 0.717) is 6.04 Å². The van der Waals surface area contributed by atoms with Crippen molar-refractivity contribution in [3.8, 4) is 0 Å². The van der Waals surface area contributed by atoms with Crippen LogP contribution in [-0.4, -0.2) is 16.3 Å². The molecule has 1 N–H and O–H groups in total. The van der Waals surface area contributed by atoms with Gasteiger partial charge in [0.25, 0.3) is 0 Å². The molecule has 3 heteroatoms. The van der Waals surface area contributed by atoms with Crippen LogP contribution in [0.5, 0.6) is 0 Å². The van der Waals surface area contributed by atoms with Crippen LogP contribution in [0.4, 0.5) is 0 Å². The first-order valence-corrected chi connectivity index (χ1v) is 7.00. The minimum Gasteiger partial charge on any atom is -0.310 e. The molecular formula is C14H27N3. The van der Waals surface area contributed by atoms with E-state index in [0.717, 1.165) is 25.4 Å². The predicted molar refractivity (Wildman–Crippen MR) is 73.0 cm³/mol. The highest BCUT2D eigenvalue weighted by atomic mass is 15.3. The second-order valence-corrected chi connectivity index (χ2v) is 4.70. The molecular weight excluding hydrogens is 210 g/mol. The molecule has 0 aliphatic heterocycles. The van der Waals surface area contributed by atoms with Gasteiger partial charge in [-0.25, -0.2) is 0 Å². The molecule has 1 atom stereocenters. The summed E-state index contributed by atoms with van der Waals surface area (Å²) in [4.78, 5) is 0. The van der Waals surface area contributed by atoms with Gasteiger partial charge in [-0.3, -0.25) is 4.68 Å². The minimum atomic E-state index is 0.454. The summed E-state index contributed by atoms with van der Waals surface area (Å²) >= 11 is 0. The third-order valence-corrected chi connectivity index (χ3v) is 3.51. The summed E-state index contributed by atoms with van der Waals surface area (Å²) in [6, 6.07) is 0.454. The van der Waals surface area contributed by atoms with Gasteiger partial charge in [0.15, 0.2) is 0 Å². The van der Waals surface area contributed by atoms with Gasteiger partial charge in [0, 0.05) is 24.3 Å². The van der Waals surface area contributed by atoms with Crippen LogP contribution in [0.25, 0.3) is 0 Å². The molecule has 1 aromatic heterocycles. The lowest BCUT2D eigenvalue weighted by atomic mass is 10.0. The van der Waals surface area contributed by atoms with E-state index in [-0.39, 0.29) is 0 Å². The van der Waals surface area contributed by atoms with E-state index in [1.54, 1.807) is 0 Å². The van der Waals surface area contributed by atoms with Gasteiger partial charge in [0.05, 0.1) is 6.20 Å². The molecule has 0 aliphatic carbocycles. The lowest BCUT2D eigenvalue weighted by Crippen LogP contribution is -2.19. The molecule has 0 aliphatic rings. The van der Waals surface area contributed by atoms with Crippen LogP contribution >= 0.6 is 0 Å². The number of nitrogens with one attached hydrogen (secondary N) is 1. The maximum Gasteiger partial charge on any atom is 0.0537 e. The maximum atomic E-state index is 4.48. The summed E-state index contributed by atoms with van der Waals surface area (Å²) in [6.07, 6.45) is 7.80. The Morgan fingerprint density at radius 3 is 2.41 bits per heavy atom. The number of hydrogen-bond acceptors (Lipinski definition) is 2. The molecule has 1 unspecified atom stereocenters. The van der Waals surface area contributed by atoms with Crippen LogP contribution in [0.2, 0.25) is 0 Å². The Morgan fingerprint density at radius 2 is 1.88 bits per heavy atom. The van der Waals surface area contributed by atoms with Crippen molar-refractivity contribution >= 4 is 0 Å². The van der Waals surface area contributed by atoms with Crippen LogP contribution in [0.3, 0.4) is 0 Å². The zero-order valence-electron chi connectivity index (χ0n) is 11.7. The fraction of sp³-hybridized carbons (Fsp3) is 0.786. The number of nitrogens with zero attached hydrogens (tertiary/aromatic N) is 2. The highest BCUT2D eigenvalue weighted by Crippen LogP contribution is 2.17. The van der Waals surface area contributed by atoms with Crippen molar-refractivity contribution in [2.75, 3.05) is 6.54 Å². The van der Waals surface area contributed by atoms with Gasteiger partial charge in [-0.05, 0) is 18.9 Å². The first kappa shape index (κ1) is 14.2. The van der Waals surface area contributed by atoms with Gasteiger partial charge in [-0.15, -0.1) is 0 Å². The van der Waals surface area contributed by atoms with Gasteiger partial charge in [0.2, 0.25) is 0 Å². The third-order valence-electron chi connectivity index (χ3n) is 3.51. The minimum absolute atomic E-state index is 0.454. The molecule has 17 heavy (non-hydrogen) atoms. The van der Waals surface area contributed by atoms with Crippen molar-refractivity contribution in [2.45, 2.75) is 59.5 Å². The van der Waals surface area contributed by atoms with Gasteiger partial charge < -0.3 is 5.32 Å². The molecule has 0 saturated heterocycles. The summed E-state index contributed by atoms with van der Waals surface area (Å²) in [5.41, 5.74) is 1.32. The predicted octanol–water partition coefficient (Wildman–Crippen LogP) is 3.38. The smallest absolute Gasteiger partial charge is 0.0537 e. The van der Waals surface area contributed by atoms with E-state index in [1.165, 1.54) is 18.4 Å². The Morgan fingerprint density at radius 1 is 1.18 bits per heavy atom. The van der Waals surface area contributed by atoms with Crippen molar-refractivity contribution in [2.24, 2.45) is 5.92 Å².